The zero-order chi connectivity index (χ0) is 26.9. The van der Waals surface area contributed by atoms with Crippen molar-refractivity contribution in [1.82, 2.24) is 0 Å². The molecule has 0 aromatic heterocycles. The largest absolute Gasteiger partial charge is 0.507 e. The summed E-state index contributed by atoms with van der Waals surface area (Å²) in [5.41, 5.74) is 4.53. The van der Waals surface area contributed by atoms with Crippen LogP contribution in [0.2, 0.25) is 0 Å². The number of ketones is 1. The molecule has 192 valence electrons. The lowest BCUT2D eigenvalue weighted by Crippen LogP contribution is -2.29. The second kappa shape index (κ2) is 10.5. The molecule has 0 spiro atoms. The summed E-state index contributed by atoms with van der Waals surface area (Å²) in [7, 11) is 1.52. The van der Waals surface area contributed by atoms with Crippen molar-refractivity contribution in [2.24, 2.45) is 0 Å². The van der Waals surface area contributed by atoms with Crippen LogP contribution >= 0.6 is 0 Å². The van der Waals surface area contributed by atoms with Gasteiger partial charge in [0.2, 0.25) is 0 Å². The van der Waals surface area contributed by atoms with Crippen LogP contribution in [0.1, 0.15) is 60.5 Å². The van der Waals surface area contributed by atoms with Crippen LogP contribution in [0.4, 0.5) is 5.69 Å². The van der Waals surface area contributed by atoms with Gasteiger partial charge in [-0.1, -0.05) is 44.2 Å². The number of aliphatic hydroxyl groups is 1. The fourth-order valence-corrected chi connectivity index (χ4v) is 4.89. The van der Waals surface area contributed by atoms with Gasteiger partial charge in [-0.3, -0.25) is 14.5 Å². The Labute approximate surface area is 218 Å². The molecule has 3 aromatic carbocycles. The van der Waals surface area contributed by atoms with Crippen LogP contribution in [0, 0.1) is 13.8 Å². The molecule has 1 amide bonds. The third-order valence-corrected chi connectivity index (χ3v) is 6.67. The number of rotatable bonds is 7. The van der Waals surface area contributed by atoms with Crippen LogP contribution in [-0.4, -0.2) is 30.5 Å². The Bertz CT molecular complexity index is 1350. The molecule has 1 atom stereocenters. The monoisotopic (exact) mass is 499 g/mol. The van der Waals surface area contributed by atoms with E-state index in [0.29, 0.717) is 35.3 Å². The van der Waals surface area contributed by atoms with Gasteiger partial charge in [0.1, 0.15) is 17.3 Å². The Balaban J connectivity index is 1.95. The summed E-state index contributed by atoms with van der Waals surface area (Å²) in [4.78, 5) is 28.5. The number of methoxy groups -OCH3 is 1. The van der Waals surface area contributed by atoms with Crippen molar-refractivity contribution in [1.29, 1.82) is 0 Å². The lowest BCUT2D eigenvalue weighted by Gasteiger charge is -2.26. The first-order valence-corrected chi connectivity index (χ1v) is 12.5. The highest BCUT2D eigenvalue weighted by Gasteiger charge is 2.47. The third kappa shape index (κ3) is 4.84. The van der Waals surface area contributed by atoms with Crippen LogP contribution in [0.3, 0.4) is 0 Å². The topological polar surface area (TPSA) is 76.1 Å². The van der Waals surface area contributed by atoms with E-state index in [0.717, 1.165) is 22.3 Å². The SMILES string of the molecule is CCOc1ccc(N2C(=O)C(=O)/C(=C(/O)c3cc(C)cc(C)c3OC)C2c2ccc(C(C)C)cc2)cc1. The second-order valence-corrected chi connectivity index (χ2v) is 9.58. The Morgan fingerprint density at radius 2 is 1.65 bits per heavy atom. The molecule has 0 bridgehead atoms. The molecule has 0 saturated carbocycles. The van der Waals surface area contributed by atoms with E-state index < -0.39 is 17.7 Å². The van der Waals surface area contributed by atoms with Crippen molar-refractivity contribution in [2.75, 3.05) is 18.6 Å². The zero-order valence-electron chi connectivity index (χ0n) is 22.2. The van der Waals surface area contributed by atoms with E-state index in [1.807, 2.05) is 51.1 Å². The van der Waals surface area contributed by atoms with E-state index in [4.69, 9.17) is 9.47 Å². The number of aliphatic hydroxyl groups excluding tert-OH is 1. The summed E-state index contributed by atoms with van der Waals surface area (Å²) < 4.78 is 11.1. The average Bonchev–Trinajstić information content (AvgIpc) is 3.14. The maximum absolute atomic E-state index is 13.5. The van der Waals surface area contributed by atoms with Gasteiger partial charge in [-0.05, 0) is 79.3 Å². The highest BCUT2D eigenvalue weighted by molar-refractivity contribution is 6.51. The number of hydrogen-bond acceptors (Lipinski definition) is 5. The van der Waals surface area contributed by atoms with Gasteiger partial charge in [0.15, 0.2) is 0 Å². The number of hydrogen-bond donors (Lipinski definition) is 1. The quantitative estimate of drug-likeness (QED) is 0.229. The molecule has 6 nitrogen and oxygen atoms in total. The fraction of sp³-hybridized carbons (Fsp3) is 0.290. The molecule has 1 aliphatic rings. The molecule has 1 unspecified atom stereocenters. The van der Waals surface area contributed by atoms with E-state index in [1.165, 1.54) is 12.0 Å². The molecule has 3 aromatic rings. The lowest BCUT2D eigenvalue weighted by atomic mass is 9.92. The number of anilines is 1. The summed E-state index contributed by atoms with van der Waals surface area (Å²) >= 11 is 0. The normalized spacial score (nSPS) is 16.9. The zero-order valence-corrected chi connectivity index (χ0v) is 22.2. The number of carbonyl (C=O) groups excluding carboxylic acids is 2. The number of aryl methyl sites for hydroxylation is 2. The second-order valence-electron chi connectivity index (χ2n) is 9.58. The molecule has 4 rings (SSSR count). The van der Waals surface area contributed by atoms with Gasteiger partial charge in [0, 0.05) is 5.69 Å². The van der Waals surface area contributed by atoms with Gasteiger partial charge in [0.05, 0.1) is 30.9 Å². The molecule has 37 heavy (non-hydrogen) atoms. The molecule has 6 heteroatoms. The molecule has 1 N–H and O–H groups in total. The minimum Gasteiger partial charge on any atom is -0.507 e. The first-order valence-electron chi connectivity index (χ1n) is 12.5. The number of amides is 1. The van der Waals surface area contributed by atoms with Gasteiger partial charge < -0.3 is 14.6 Å². The Hall–Kier alpha value is -4.06. The Morgan fingerprint density at radius 1 is 1.00 bits per heavy atom. The highest BCUT2D eigenvalue weighted by atomic mass is 16.5. The average molecular weight is 500 g/mol. The van der Waals surface area contributed by atoms with Crippen LogP contribution in [0.15, 0.2) is 66.2 Å². The molecule has 0 aliphatic carbocycles. The van der Waals surface area contributed by atoms with E-state index in [1.54, 1.807) is 30.3 Å². The summed E-state index contributed by atoms with van der Waals surface area (Å²) in [5, 5.41) is 11.6. The fourth-order valence-electron chi connectivity index (χ4n) is 4.89. The van der Waals surface area contributed by atoms with Crippen LogP contribution in [0.25, 0.3) is 5.76 Å². The van der Waals surface area contributed by atoms with Crippen molar-refractivity contribution in [2.45, 2.75) is 46.6 Å². The van der Waals surface area contributed by atoms with Crippen LogP contribution in [-0.2, 0) is 9.59 Å². The standard InChI is InChI=1S/C31H33NO5/c1-7-37-24-14-12-23(13-15-24)32-27(22-10-8-21(9-11-22)18(2)3)26(29(34)31(32)35)28(33)25-17-19(4)16-20(5)30(25)36-6/h8-18,27,33H,7H2,1-6H3/b28-26+. The predicted octanol–water partition coefficient (Wildman–Crippen LogP) is 6.46. The van der Waals surface area contributed by atoms with Gasteiger partial charge in [-0.15, -0.1) is 0 Å². The summed E-state index contributed by atoms with van der Waals surface area (Å²) in [6, 6.07) is 17.8. The number of benzene rings is 3. The minimum absolute atomic E-state index is 0.0273. The van der Waals surface area contributed by atoms with Gasteiger partial charge in [-0.2, -0.15) is 0 Å². The predicted molar refractivity (Wildman–Crippen MR) is 145 cm³/mol. The molecule has 1 aliphatic heterocycles. The Kier molecular flexibility index (Phi) is 7.39. The number of carbonyl (C=O) groups is 2. The van der Waals surface area contributed by atoms with Crippen molar-refractivity contribution in [3.63, 3.8) is 0 Å². The van der Waals surface area contributed by atoms with E-state index >= 15 is 0 Å². The number of ether oxygens (including phenoxy) is 2. The molecular weight excluding hydrogens is 466 g/mol. The highest BCUT2D eigenvalue weighted by Crippen LogP contribution is 2.44. The maximum atomic E-state index is 13.5. The first-order chi connectivity index (χ1) is 17.7. The van der Waals surface area contributed by atoms with E-state index in [2.05, 4.69) is 13.8 Å². The van der Waals surface area contributed by atoms with Gasteiger partial charge >= 0.3 is 0 Å². The first kappa shape index (κ1) is 26.0. The van der Waals surface area contributed by atoms with Crippen LogP contribution < -0.4 is 14.4 Å². The smallest absolute Gasteiger partial charge is 0.300 e. The minimum atomic E-state index is -0.815. The lowest BCUT2D eigenvalue weighted by molar-refractivity contribution is -0.132. The Morgan fingerprint density at radius 3 is 2.22 bits per heavy atom. The molecular formula is C31H33NO5. The molecule has 0 radical (unpaired) electrons. The molecule has 1 fully saturated rings. The molecule has 1 heterocycles. The number of nitrogens with zero attached hydrogens (tertiary/aromatic N) is 1. The van der Waals surface area contributed by atoms with E-state index in [9.17, 15) is 14.7 Å². The van der Waals surface area contributed by atoms with Gasteiger partial charge in [0.25, 0.3) is 11.7 Å². The van der Waals surface area contributed by atoms with Crippen molar-refractivity contribution < 1.29 is 24.2 Å². The van der Waals surface area contributed by atoms with Crippen molar-refractivity contribution in [3.8, 4) is 11.5 Å². The van der Waals surface area contributed by atoms with Crippen LogP contribution in [0.5, 0.6) is 11.5 Å². The summed E-state index contributed by atoms with van der Waals surface area (Å²) in [5.74, 6) is -0.248. The van der Waals surface area contributed by atoms with Crippen molar-refractivity contribution in [3.05, 3.63) is 94.1 Å². The summed E-state index contributed by atoms with van der Waals surface area (Å²) in [6.07, 6.45) is 0. The van der Waals surface area contributed by atoms with Crippen molar-refractivity contribution >= 4 is 23.1 Å². The van der Waals surface area contributed by atoms with E-state index in [-0.39, 0.29) is 11.3 Å². The maximum Gasteiger partial charge on any atom is 0.300 e. The summed E-state index contributed by atoms with van der Waals surface area (Å²) in [6.45, 7) is 10.4. The molecule has 1 saturated heterocycles. The van der Waals surface area contributed by atoms with Gasteiger partial charge in [-0.25, -0.2) is 0 Å². The third-order valence-electron chi connectivity index (χ3n) is 6.67. The number of Topliss-reactive ketones (excluding diaryl/α,β-unsaturated/α-hetero) is 1.